The fraction of sp³-hybridized carbons (Fsp3) is 0.323. The lowest BCUT2D eigenvalue weighted by atomic mass is 9.59. The second-order valence-corrected chi connectivity index (χ2v) is 11.9. The van der Waals surface area contributed by atoms with E-state index in [4.69, 9.17) is 18.3 Å². The Labute approximate surface area is 253 Å². The van der Waals surface area contributed by atoms with Crippen LogP contribution in [0.1, 0.15) is 26.3 Å². The Hall–Kier alpha value is -3.74. The van der Waals surface area contributed by atoms with Crippen molar-refractivity contribution in [2.75, 3.05) is 0 Å². The van der Waals surface area contributed by atoms with Crippen LogP contribution in [0.4, 0.5) is 0 Å². The monoisotopic (exact) mass is 628 g/mol. The van der Waals surface area contributed by atoms with E-state index in [1.165, 1.54) is 36.4 Å². The van der Waals surface area contributed by atoms with E-state index >= 15 is 0 Å². The first-order valence-electron chi connectivity index (χ1n) is 13.5. The molecule has 0 spiro atoms. The molecule has 44 heavy (non-hydrogen) atoms. The molecule has 0 aromatic heterocycles. The van der Waals surface area contributed by atoms with E-state index in [1.54, 1.807) is 54.6 Å². The van der Waals surface area contributed by atoms with Crippen molar-refractivity contribution in [3.05, 3.63) is 96.6 Å². The highest BCUT2D eigenvalue weighted by Gasteiger charge is 2.78. The zero-order valence-corrected chi connectivity index (χ0v) is 25.0. The summed E-state index contributed by atoms with van der Waals surface area (Å²) in [5.74, 6) is -3.62. The van der Waals surface area contributed by atoms with E-state index in [2.05, 4.69) is 0 Å². The van der Waals surface area contributed by atoms with Gasteiger partial charge in [0.05, 0.1) is 0 Å². The summed E-state index contributed by atoms with van der Waals surface area (Å²) >= 11 is 0. The number of carbonyl (C=O) groups excluding carboxylic acids is 3. The molecule has 0 bridgehead atoms. The number of benzene rings is 3. The second kappa shape index (κ2) is 12.7. The largest absolute Gasteiger partial charge is 0.590 e. The van der Waals surface area contributed by atoms with Crippen LogP contribution in [-0.4, -0.2) is 73.1 Å². The Morgan fingerprint density at radius 3 is 1.61 bits per heavy atom. The van der Waals surface area contributed by atoms with Crippen LogP contribution in [0.3, 0.4) is 0 Å². The maximum Gasteiger partial charge on any atom is 0.590 e. The molecule has 0 aliphatic carbocycles. The fourth-order valence-electron chi connectivity index (χ4n) is 5.18. The summed E-state index contributed by atoms with van der Waals surface area (Å²) in [5.41, 5.74) is -9.71. The molecule has 234 valence electrons. The van der Waals surface area contributed by atoms with Crippen LogP contribution in [0, 0.1) is 0 Å². The molecule has 4 N–H and O–H groups in total. The SMILES string of the molecule is CC(=O)C(O)[C@H]1O[C@@H](OP(=O)(Oc2ccccc2)Oc2ccccc2)[C@](O)(C(C)=O)[C@](O)(Cc2ccccc2)[C@@]1(O)C(C)=O. The highest BCUT2D eigenvalue weighted by molar-refractivity contribution is 7.49. The summed E-state index contributed by atoms with van der Waals surface area (Å²) in [5, 5.41) is 47.3. The van der Waals surface area contributed by atoms with E-state index < -0.39 is 66.9 Å². The number of phosphoric ester groups is 1. The molecule has 6 atom stereocenters. The summed E-state index contributed by atoms with van der Waals surface area (Å²) in [6, 6.07) is 22.8. The predicted molar refractivity (Wildman–Crippen MR) is 155 cm³/mol. The summed E-state index contributed by atoms with van der Waals surface area (Å²) in [7, 11) is -5.02. The third-order valence-corrected chi connectivity index (χ3v) is 8.83. The van der Waals surface area contributed by atoms with Gasteiger partial charge in [-0.1, -0.05) is 66.7 Å². The zero-order valence-electron chi connectivity index (χ0n) is 24.1. The molecule has 4 rings (SSSR count). The minimum atomic E-state index is -5.02. The van der Waals surface area contributed by atoms with Crippen LogP contribution < -0.4 is 9.05 Å². The van der Waals surface area contributed by atoms with Gasteiger partial charge in [-0.3, -0.25) is 14.4 Å². The summed E-state index contributed by atoms with van der Waals surface area (Å²) in [6.07, 6.45) is -7.98. The van der Waals surface area contributed by atoms with Crippen molar-refractivity contribution < 1.29 is 57.7 Å². The molecule has 1 aliphatic rings. The van der Waals surface area contributed by atoms with Crippen molar-refractivity contribution in [2.24, 2.45) is 0 Å². The van der Waals surface area contributed by atoms with Gasteiger partial charge in [-0.2, -0.15) is 0 Å². The standard InChI is InChI=1S/C31H33O12P/c1-20(32)26(35)27-30(37,21(2)33)29(36,19-23-13-7-4-8-14-23)31(38,22(3)34)28(40-27)43-44(39,41-24-15-9-5-10-16-24)42-25-17-11-6-12-18-25/h4-18,26-28,35-38H,19H2,1-3H3/t26?,27-,28+,29+,30-,31-/m1/s1. The number of carbonyl (C=O) groups is 3. The molecule has 3 aromatic rings. The molecule has 1 heterocycles. The van der Waals surface area contributed by atoms with Gasteiger partial charge in [-0.05, 0) is 50.6 Å². The highest BCUT2D eigenvalue weighted by Crippen LogP contribution is 2.56. The van der Waals surface area contributed by atoms with Crippen molar-refractivity contribution in [1.29, 1.82) is 0 Å². The quantitative estimate of drug-likeness (QED) is 0.215. The molecule has 1 unspecified atom stereocenters. The van der Waals surface area contributed by atoms with Gasteiger partial charge < -0.3 is 34.2 Å². The van der Waals surface area contributed by atoms with Gasteiger partial charge in [0.15, 0.2) is 23.0 Å². The normalized spacial score (nSPS) is 27.6. The number of aliphatic hydroxyl groups excluding tert-OH is 1. The first-order chi connectivity index (χ1) is 20.7. The van der Waals surface area contributed by atoms with Gasteiger partial charge in [-0.25, -0.2) is 9.09 Å². The van der Waals surface area contributed by atoms with E-state index in [0.29, 0.717) is 0 Å². The van der Waals surface area contributed by atoms with Crippen molar-refractivity contribution in [3.8, 4) is 11.5 Å². The molecule has 1 fully saturated rings. The molecule has 12 nitrogen and oxygen atoms in total. The number of ketones is 3. The lowest BCUT2D eigenvalue weighted by Gasteiger charge is -2.59. The Bertz CT molecular complexity index is 1490. The van der Waals surface area contributed by atoms with Crippen LogP contribution in [0.25, 0.3) is 0 Å². The number of para-hydroxylation sites is 2. The van der Waals surface area contributed by atoms with Crippen LogP contribution >= 0.6 is 7.82 Å². The minimum Gasteiger partial charge on any atom is -0.395 e. The third-order valence-electron chi connectivity index (χ3n) is 7.51. The first-order valence-corrected chi connectivity index (χ1v) is 15.0. The lowest BCUT2D eigenvalue weighted by Crippen LogP contribution is -2.86. The minimum absolute atomic E-state index is 0.0333. The van der Waals surface area contributed by atoms with Crippen LogP contribution in [-0.2, 0) is 34.6 Å². The number of rotatable bonds is 12. The number of hydrogen-bond acceptors (Lipinski definition) is 12. The van der Waals surface area contributed by atoms with Gasteiger partial charge in [0, 0.05) is 6.42 Å². The number of hydrogen-bond donors (Lipinski definition) is 4. The van der Waals surface area contributed by atoms with Crippen molar-refractivity contribution in [3.63, 3.8) is 0 Å². The number of aliphatic hydroxyl groups is 4. The molecule has 0 saturated carbocycles. The predicted octanol–water partition coefficient (Wildman–Crippen LogP) is 2.56. The average Bonchev–Trinajstić information content (AvgIpc) is 2.98. The average molecular weight is 629 g/mol. The summed E-state index contributed by atoms with van der Waals surface area (Å²) in [6.45, 7) is 2.57. The number of Topliss-reactive ketones (excluding diaryl/α,β-unsaturated/α-hetero) is 3. The molecular formula is C31H33O12P. The highest BCUT2D eigenvalue weighted by atomic mass is 31.2. The third kappa shape index (κ3) is 5.98. The Balaban J connectivity index is 1.93. The molecule has 3 aromatic carbocycles. The zero-order chi connectivity index (χ0) is 32.3. The molecule has 1 aliphatic heterocycles. The van der Waals surface area contributed by atoms with Gasteiger partial charge in [0.25, 0.3) is 0 Å². The van der Waals surface area contributed by atoms with Crippen LogP contribution in [0.15, 0.2) is 91.0 Å². The molecular weight excluding hydrogens is 595 g/mol. The van der Waals surface area contributed by atoms with E-state index in [-0.39, 0.29) is 17.1 Å². The number of phosphoric acid groups is 1. The van der Waals surface area contributed by atoms with Crippen molar-refractivity contribution in [2.45, 2.75) is 62.5 Å². The summed E-state index contributed by atoms with van der Waals surface area (Å²) < 4.78 is 36.7. The van der Waals surface area contributed by atoms with Gasteiger partial charge in [0.2, 0.25) is 11.9 Å². The first kappa shape index (κ1) is 33.2. The van der Waals surface area contributed by atoms with E-state index in [0.717, 1.165) is 20.8 Å². The van der Waals surface area contributed by atoms with Crippen LogP contribution in [0.2, 0.25) is 0 Å². The second-order valence-electron chi connectivity index (χ2n) is 10.5. The number of ether oxygens (including phenoxy) is 1. The fourth-order valence-corrected chi connectivity index (χ4v) is 6.50. The molecule has 0 radical (unpaired) electrons. The van der Waals surface area contributed by atoms with E-state index in [9.17, 15) is 39.4 Å². The van der Waals surface area contributed by atoms with Crippen molar-refractivity contribution >= 4 is 25.2 Å². The Kier molecular flexibility index (Phi) is 9.57. The Morgan fingerprint density at radius 2 is 1.20 bits per heavy atom. The Morgan fingerprint density at radius 1 is 0.773 bits per heavy atom. The van der Waals surface area contributed by atoms with Crippen molar-refractivity contribution in [1.82, 2.24) is 0 Å². The maximum atomic E-state index is 14.3. The topological polar surface area (TPSA) is 186 Å². The smallest absolute Gasteiger partial charge is 0.395 e. The van der Waals surface area contributed by atoms with Gasteiger partial charge in [-0.15, -0.1) is 0 Å². The summed E-state index contributed by atoms with van der Waals surface area (Å²) in [4.78, 5) is 38.9. The van der Waals surface area contributed by atoms with Gasteiger partial charge >= 0.3 is 7.82 Å². The maximum absolute atomic E-state index is 14.3. The lowest BCUT2D eigenvalue weighted by molar-refractivity contribution is -0.370. The van der Waals surface area contributed by atoms with Gasteiger partial charge in [0.1, 0.15) is 29.3 Å². The van der Waals surface area contributed by atoms with E-state index in [1.807, 2.05) is 0 Å². The molecule has 1 saturated heterocycles. The van der Waals surface area contributed by atoms with Crippen LogP contribution in [0.5, 0.6) is 11.5 Å². The molecule has 0 amide bonds. The molecule has 13 heteroatoms.